The van der Waals surface area contributed by atoms with Gasteiger partial charge in [-0.1, -0.05) is 31.5 Å². The van der Waals surface area contributed by atoms with Crippen LogP contribution in [0.4, 0.5) is 5.69 Å². The molecule has 2 heteroatoms. The van der Waals surface area contributed by atoms with E-state index in [1.54, 1.807) is 0 Å². The summed E-state index contributed by atoms with van der Waals surface area (Å²) in [7, 11) is 0. The molecule has 1 heterocycles. The van der Waals surface area contributed by atoms with Crippen LogP contribution in [-0.4, -0.2) is 18.1 Å². The Hall–Kier alpha value is -1.44. The van der Waals surface area contributed by atoms with Gasteiger partial charge >= 0.3 is 0 Å². The maximum absolute atomic E-state index is 2.40. The van der Waals surface area contributed by atoms with Gasteiger partial charge in [0.2, 0.25) is 0 Å². The first-order valence-electron chi connectivity index (χ1n) is 7.24. The highest BCUT2D eigenvalue weighted by Gasteiger charge is 2.17. The van der Waals surface area contributed by atoms with Gasteiger partial charge in [-0.15, -0.1) is 0 Å². The smallest absolute Gasteiger partial charge is 0.0942 e. The minimum atomic E-state index is 0.769. The first-order chi connectivity index (χ1) is 8.97. The van der Waals surface area contributed by atoms with Crippen LogP contribution in [0, 0.1) is 26.7 Å². The van der Waals surface area contributed by atoms with Gasteiger partial charge in [0.15, 0.2) is 0 Å². The number of hydrogen-bond donors (Lipinski definition) is 0. The Morgan fingerprint density at radius 1 is 1.05 bits per heavy atom. The molecule has 1 aliphatic heterocycles. The second-order valence-electron chi connectivity index (χ2n) is 6.15. The Morgan fingerprint density at radius 2 is 1.68 bits per heavy atom. The maximum Gasteiger partial charge on any atom is 0.0942 e. The van der Waals surface area contributed by atoms with Crippen molar-refractivity contribution < 1.29 is 0 Å². The van der Waals surface area contributed by atoms with Crippen molar-refractivity contribution in [2.45, 2.75) is 41.0 Å². The lowest BCUT2D eigenvalue weighted by Crippen LogP contribution is -2.27. The maximum atomic E-state index is 2.40. The Labute approximate surface area is 117 Å². The first kappa shape index (κ1) is 14.0. The second kappa shape index (κ2) is 5.68. The monoisotopic (exact) mass is 258 g/mol. The van der Waals surface area contributed by atoms with E-state index in [4.69, 9.17) is 0 Å². The van der Waals surface area contributed by atoms with Crippen LogP contribution in [-0.2, 0) is 0 Å². The van der Waals surface area contributed by atoms with Gasteiger partial charge in [-0.25, -0.2) is 0 Å². The highest BCUT2D eigenvalue weighted by molar-refractivity contribution is 5.62. The summed E-state index contributed by atoms with van der Waals surface area (Å²) in [5.74, 6) is 0.769. The number of rotatable bonds is 4. The number of aryl methyl sites for hydroxylation is 3. The fourth-order valence-electron chi connectivity index (χ4n) is 2.80. The summed E-state index contributed by atoms with van der Waals surface area (Å²) >= 11 is 0. The summed E-state index contributed by atoms with van der Waals surface area (Å²) in [6, 6.07) is 4.54. The molecule has 0 aliphatic carbocycles. The second-order valence-corrected chi connectivity index (χ2v) is 6.15. The molecule has 0 radical (unpaired) electrons. The summed E-state index contributed by atoms with van der Waals surface area (Å²) in [4.78, 5) is 4.77. The molecule has 1 aromatic carbocycles. The molecule has 104 valence electrons. The molecule has 0 saturated heterocycles. The largest absolute Gasteiger partial charge is 0.358 e. The van der Waals surface area contributed by atoms with E-state index in [2.05, 4.69) is 69.0 Å². The molecule has 0 N–H and O–H groups in total. The third kappa shape index (κ3) is 3.31. The Morgan fingerprint density at radius 3 is 2.26 bits per heavy atom. The van der Waals surface area contributed by atoms with Gasteiger partial charge in [0.25, 0.3) is 0 Å². The average Bonchev–Trinajstić information content (AvgIpc) is 2.73. The Kier molecular flexibility index (Phi) is 4.18. The summed E-state index contributed by atoms with van der Waals surface area (Å²) in [6.45, 7) is 13.3. The highest BCUT2D eigenvalue weighted by Crippen LogP contribution is 2.28. The van der Waals surface area contributed by atoms with Gasteiger partial charge < -0.3 is 9.80 Å². The Bertz CT molecular complexity index is 451. The minimum Gasteiger partial charge on any atom is -0.358 e. The Balaban J connectivity index is 2.08. The normalized spacial score (nSPS) is 14.8. The topological polar surface area (TPSA) is 6.48 Å². The van der Waals surface area contributed by atoms with Gasteiger partial charge in [0.05, 0.1) is 6.67 Å². The van der Waals surface area contributed by atoms with Crippen LogP contribution in [0.2, 0.25) is 0 Å². The predicted molar refractivity (Wildman–Crippen MR) is 83.3 cm³/mol. The molecule has 2 nitrogen and oxygen atoms in total. The van der Waals surface area contributed by atoms with E-state index >= 15 is 0 Å². The number of anilines is 1. The van der Waals surface area contributed by atoms with Crippen molar-refractivity contribution in [3.63, 3.8) is 0 Å². The molecular weight excluding hydrogens is 232 g/mol. The third-order valence-corrected chi connectivity index (χ3v) is 3.71. The SMILES string of the molecule is Cc1cc(C)c(N2C=CN(CCC(C)C)C2)c(C)c1. The lowest BCUT2D eigenvalue weighted by Gasteiger charge is -2.25. The summed E-state index contributed by atoms with van der Waals surface area (Å²) in [6.07, 6.45) is 5.69. The number of nitrogens with zero attached hydrogens (tertiary/aromatic N) is 2. The average molecular weight is 258 g/mol. The van der Waals surface area contributed by atoms with Crippen LogP contribution in [0.15, 0.2) is 24.5 Å². The molecule has 0 bridgehead atoms. The molecule has 0 fully saturated rings. The lowest BCUT2D eigenvalue weighted by molar-refractivity contribution is 0.369. The van der Waals surface area contributed by atoms with Crippen LogP contribution < -0.4 is 4.90 Å². The molecule has 0 spiro atoms. The van der Waals surface area contributed by atoms with Gasteiger partial charge in [-0.05, 0) is 44.2 Å². The third-order valence-electron chi connectivity index (χ3n) is 3.71. The number of hydrogen-bond acceptors (Lipinski definition) is 2. The van der Waals surface area contributed by atoms with Crippen molar-refractivity contribution in [3.8, 4) is 0 Å². The van der Waals surface area contributed by atoms with Crippen molar-refractivity contribution >= 4 is 5.69 Å². The van der Waals surface area contributed by atoms with Crippen LogP contribution in [0.25, 0.3) is 0 Å². The molecule has 0 saturated carbocycles. The highest BCUT2D eigenvalue weighted by atomic mass is 15.3. The summed E-state index contributed by atoms with van der Waals surface area (Å²) < 4.78 is 0. The van der Waals surface area contributed by atoms with E-state index in [1.165, 1.54) is 28.8 Å². The van der Waals surface area contributed by atoms with E-state index < -0.39 is 0 Å². The molecule has 0 aromatic heterocycles. The molecule has 0 atom stereocenters. The lowest BCUT2D eigenvalue weighted by atomic mass is 10.0. The van der Waals surface area contributed by atoms with Crippen LogP contribution in [0.5, 0.6) is 0 Å². The molecule has 1 aromatic rings. The molecule has 0 amide bonds. The van der Waals surface area contributed by atoms with E-state index in [0.717, 1.165) is 19.1 Å². The summed E-state index contributed by atoms with van der Waals surface area (Å²) in [5, 5.41) is 0. The quantitative estimate of drug-likeness (QED) is 0.798. The van der Waals surface area contributed by atoms with Crippen molar-refractivity contribution in [2.75, 3.05) is 18.1 Å². The number of benzene rings is 1. The molecule has 0 unspecified atom stereocenters. The molecule has 19 heavy (non-hydrogen) atoms. The van der Waals surface area contributed by atoms with Gasteiger partial charge in [0, 0.05) is 24.6 Å². The van der Waals surface area contributed by atoms with E-state index in [-0.39, 0.29) is 0 Å². The zero-order valence-electron chi connectivity index (χ0n) is 12.9. The van der Waals surface area contributed by atoms with Crippen molar-refractivity contribution in [2.24, 2.45) is 5.92 Å². The summed E-state index contributed by atoms with van der Waals surface area (Å²) in [5.41, 5.74) is 5.45. The van der Waals surface area contributed by atoms with Gasteiger partial charge in [-0.2, -0.15) is 0 Å². The predicted octanol–water partition coefficient (Wildman–Crippen LogP) is 4.21. The van der Waals surface area contributed by atoms with Crippen LogP contribution >= 0.6 is 0 Å². The van der Waals surface area contributed by atoms with E-state index in [1.807, 2.05) is 0 Å². The van der Waals surface area contributed by atoms with Crippen molar-refractivity contribution in [1.82, 2.24) is 4.90 Å². The standard InChI is InChI=1S/C17H26N2/c1-13(2)6-7-18-8-9-19(12-18)17-15(4)10-14(3)11-16(17)5/h8-11,13H,6-7,12H2,1-5H3. The van der Waals surface area contributed by atoms with Crippen molar-refractivity contribution in [1.29, 1.82) is 0 Å². The van der Waals surface area contributed by atoms with Crippen LogP contribution in [0.1, 0.15) is 37.0 Å². The zero-order valence-corrected chi connectivity index (χ0v) is 12.9. The first-order valence-corrected chi connectivity index (χ1v) is 7.24. The van der Waals surface area contributed by atoms with E-state index in [0.29, 0.717) is 0 Å². The molecule has 2 rings (SSSR count). The fraction of sp³-hybridized carbons (Fsp3) is 0.529. The molecule has 1 aliphatic rings. The minimum absolute atomic E-state index is 0.769. The van der Waals surface area contributed by atoms with Gasteiger partial charge in [-0.3, -0.25) is 0 Å². The zero-order chi connectivity index (χ0) is 14.0. The van der Waals surface area contributed by atoms with Crippen LogP contribution in [0.3, 0.4) is 0 Å². The van der Waals surface area contributed by atoms with Crippen molar-refractivity contribution in [3.05, 3.63) is 41.2 Å². The van der Waals surface area contributed by atoms with Gasteiger partial charge in [0.1, 0.15) is 0 Å². The molecular formula is C17H26N2. The fourth-order valence-corrected chi connectivity index (χ4v) is 2.80. The van der Waals surface area contributed by atoms with E-state index in [9.17, 15) is 0 Å².